The van der Waals surface area contributed by atoms with Crippen molar-refractivity contribution in [1.82, 2.24) is 0 Å². The van der Waals surface area contributed by atoms with Gasteiger partial charge in [-0.15, -0.1) is 0 Å². The molecule has 0 aliphatic heterocycles. The quantitative estimate of drug-likeness (QED) is 0.821. The maximum Gasteiger partial charge on any atom is 0.142 e. The van der Waals surface area contributed by atoms with E-state index < -0.39 is 0 Å². The molecule has 0 saturated carbocycles. The van der Waals surface area contributed by atoms with Gasteiger partial charge in [-0.25, -0.2) is 0 Å². The predicted molar refractivity (Wildman–Crippen MR) is 82.6 cm³/mol. The first-order valence-electron chi connectivity index (χ1n) is 6.54. The molecule has 4 heteroatoms. The fourth-order valence-electron chi connectivity index (χ4n) is 1.97. The van der Waals surface area contributed by atoms with Crippen LogP contribution < -0.4 is 20.1 Å². The molecular formula is C16H20N2O2. The number of rotatable bonds is 6. The first kappa shape index (κ1) is 14.1. The third-order valence-electron chi connectivity index (χ3n) is 3.10. The first-order chi connectivity index (χ1) is 9.72. The Hall–Kier alpha value is -2.36. The second-order valence-electron chi connectivity index (χ2n) is 4.48. The van der Waals surface area contributed by atoms with E-state index in [1.165, 1.54) is 0 Å². The van der Waals surface area contributed by atoms with Crippen molar-refractivity contribution in [2.75, 3.05) is 37.9 Å². The van der Waals surface area contributed by atoms with Crippen molar-refractivity contribution in [2.24, 2.45) is 0 Å². The molecule has 2 rings (SSSR count). The number of hydrogen-bond acceptors (Lipinski definition) is 4. The maximum absolute atomic E-state index is 5.84. The lowest BCUT2D eigenvalue weighted by molar-refractivity contribution is 0.327. The van der Waals surface area contributed by atoms with Crippen LogP contribution in [0.3, 0.4) is 0 Å². The van der Waals surface area contributed by atoms with E-state index in [1.54, 1.807) is 7.11 Å². The minimum Gasteiger partial charge on any atom is -0.495 e. The Kier molecular flexibility index (Phi) is 4.71. The largest absolute Gasteiger partial charge is 0.495 e. The van der Waals surface area contributed by atoms with Gasteiger partial charge in [0.25, 0.3) is 0 Å². The van der Waals surface area contributed by atoms with Crippen LogP contribution in [0.1, 0.15) is 0 Å². The zero-order valence-electron chi connectivity index (χ0n) is 11.9. The first-order valence-corrected chi connectivity index (χ1v) is 6.54. The third kappa shape index (κ3) is 3.35. The van der Waals surface area contributed by atoms with Gasteiger partial charge in [-0.05, 0) is 24.3 Å². The van der Waals surface area contributed by atoms with Crippen LogP contribution in [0.15, 0.2) is 48.5 Å². The average molecular weight is 272 g/mol. The van der Waals surface area contributed by atoms with E-state index in [1.807, 2.05) is 55.6 Å². The molecule has 0 radical (unpaired) electrons. The summed E-state index contributed by atoms with van der Waals surface area (Å²) >= 11 is 0. The highest BCUT2D eigenvalue weighted by Gasteiger charge is 2.07. The molecule has 0 unspecified atom stereocenters. The van der Waals surface area contributed by atoms with E-state index in [0.29, 0.717) is 12.3 Å². The van der Waals surface area contributed by atoms with Crippen molar-refractivity contribution >= 4 is 11.4 Å². The van der Waals surface area contributed by atoms with Gasteiger partial charge < -0.3 is 20.1 Å². The number of anilines is 2. The Morgan fingerprint density at radius 2 is 1.65 bits per heavy atom. The van der Waals surface area contributed by atoms with Crippen molar-refractivity contribution in [3.63, 3.8) is 0 Å². The summed E-state index contributed by atoms with van der Waals surface area (Å²) in [6, 6.07) is 15.4. The van der Waals surface area contributed by atoms with Gasteiger partial charge in [0.2, 0.25) is 0 Å². The number of likely N-dealkylation sites (N-methyl/N-ethyl adjacent to an activating group) is 1. The zero-order valence-corrected chi connectivity index (χ0v) is 11.9. The maximum atomic E-state index is 5.84. The monoisotopic (exact) mass is 272 g/mol. The lowest BCUT2D eigenvalue weighted by Gasteiger charge is -2.21. The van der Waals surface area contributed by atoms with Crippen LogP contribution in [-0.4, -0.2) is 27.3 Å². The minimum atomic E-state index is 0.558. The van der Waals surface area contributed by atoms with Crippen molar-refractivity contribution in [3.8, 4) is 11.5 Å². The summed E-state index contributed by atoms with van der Waals surface area (Å²) in [5, 5.41) is 0. The Morgan fingerprint density at radius 1 is 1.00 bits per heavy atom. The Morgan fingerprint density at radius 3 is 2.35 bits per heavy atom. The third-order valence-corrected chi connectivity index (χ3v) is 3.10. The molecule has 0 amide bonds. The molecule has 2 N–H and O–H groups in total. The van der Waals surface area contributed by atoms with Gasteiger partial charge in [-0.1, -0.05) is 24.3 Å². The summed E-state index contributed by atoms with van der Waals surface area (Å²) in [5.41, 5.74) is 7.54. The summed E-state index contributed by atoms with van der Waals surface area (Å²) in [6.45, 7) is 1.30. The van der Waals surface area contributed by atoms with Gasteiger partial charge in [-0.3, -0.25) is 0 Å². The van der Waals surface area contributed by atoms with Crippen LogP contribution in [-0.2, 0) is 0 Å². The van der Waals surface area contributed by atoms with Crippen LogP contribution in [0.25, 0.3) is 0 Å². The van der Waals surface area contributed by atoms with Crippen LogP contribution in [0.2, 0.25) is 0 Å². The van der Waals surface area contributed by atoms with Gasteiger partial charge >= 0.3 is 0 Å². The fourth-order valence-corrected chi connectivity index (χ4v) is 1.97. The molecule has 0 aromatic heterocycles. The summed E-state index contributed by atoms with van der Waals surface area (Å²) in [7, 11) is 3.68. The molecule has 20 heavy (non-hydrogen) atoms. The molecule has 0 heterocycles. The van der Waals surface area contributed by atoms with E-state index in [2.05, 4.69) is 4.90 Å². The van der Waals surface area contributed by atoms with E-state index in [0.717, 1.165) is 23.7 Å². The zero-order chi connectivity index (χ0) is 14.4. The minimum absolute atomic E-state index is 0.558. The number of nitrogens with two attached hydrogens (primary N) is 1. The molecular weight excluding hydrogens is 252 g/mol. The topological polar surface area (TPSA) is 47.7 Å². The highest BCUT2D eigenvalue weighted by Crippen LogP contribution is 2.26. The summed E-state index contributed by atoms with van der Waals surface area (Å²) in [4.78, 5) is 2.10. The van der Waals surface area contributed by atoms with E-state index in [9.17, 15) is 0 Å². The van der Waals surface area contributed by atoms with Gasteiger partial charge in [-0.2, -0.15) is 0 Å². The predicted octanol–water partition coefficient (Wildman–Crippen LogP) is 2.79. The van der Waals surface area contributed by atoms with Crippen molar-refractivity contribution in [1.29, 1.82) is 0 Å². The summed E-state index contributed by atoms with van der Waals surface area (Å²) < 4.78 is 11.0. The van der Waals surface area contributed by atoms with Crippen molar-refractivity contribution in [3.05, 3.63) is 48.5 Å². The Labute approximate surface area is 119 Å². The molecule has 0 bridgehead atoms. The standard InChI is InChI=1S/C16H20N2O2/c1-18(14-8-4-6-10-16(14)19-2)11-12-20-15-9-5-3-7-13(15)17/h3-10H,11-12,17H2,1-2H3. The summed E-state index contributed by atoms with van der Waals surface area (Å²) in [6.07, 6.45) is 0. The number of nitrogens with zero attached hydrogens (tertiary/aromatic N) is 1. The number of hydrogen-bond donors (Lipinski definition) is 1. The lowest BCUT2D eigenvalue weighted by Crippen LogP contribution is -2.24. The van der Waals surface area contributed by atoms with E-state index in [4.69, 9.17) is 15.2 Å². The number of ether oxygens (including phenoxy) is 2. The smallest absolute Gasteiger partial charge is 0.142 e. The average Bonchev–Trinajstić information content (AvgIpc) is 2.49. The Balaban J connectivity index is 1.92. The second kappa shape index (κ2) is 6.70. The van der Waals surface area contributed by atoms with E-state index in [-0.39, 0.29) is 0 Å². The van der Waals surface area contributed by atoms with E-state index >= 15 is 0 Å². The second-order valence-corrected chi connectivity index (χ2v) is 4.48. The summed E-state index contributed by atoms with van der Waals surface area (Å²) in [5.74, 6) is 1.58. The number of para-hydroxylation sites is 4. The molecule has 0 spiro atoms. The van der Waals surface area contributed by atoms with Crippen LogP contribution in [0.5, 0.6) is 11.5 Å². The highest BCUT2D eigenvalue weighted by atomic mass is 16.5. The fraction of sp³-hybridized carbons (Fsp3) is 0.250. The molecule has 0 fully saturated rings. The molecule has 2 aromatic carbocycles. The SMILES string of the molecule is COc1ccccc1N(C)CCOc1ccccc1N. The van der Waals surface area contributed by atoms with Crippen LogP contribution in [0.4, 0.5) is 11.4 Å². The molecule has 4 nitrogen and oxygen atoms in total. The molecule has 0 aliphatic carbocycles. The molecule has 0 aliphatic rings. The lowest BCUT2D eigenvalue weighted by atomic mass is 10.2. The van der Waals surface area contributed by atoms with Crippen LogP contribution in [0, 0.1) is 0 Å². The molecule has 2 aromatic rings. The van der Waals surface area contributed by atoms with Gasteiger partial charge in [0.1, 0.15) is 18.1 Å². The van der Waals surface area contributed by atoms with Gasteiger partial charge in [0, 0.05) is 7.05 Å². The van der Waals surface area contributed by atoms with Crippen molar-refractivity contribution < 1.29 is 9.47 Å². The van der Waals surface area contributed by atoms with Gasteiger partial charge in [0.15, 0.2) is 0 Å². The number of methoxy groups -OCH3 is 1. The number of nitrogen functional groups attached to an aromatic ring is 1. The molecule has 0 saturated heterocycles. The van der Waals surface area contributed by atoms with Crippen molar-refractivity contribution in [2.45, 2.75) is 0 Å². The highest BCUT2D eigenvalue weighted by molar-refractivity contribution is 5.58. The molecule has 0 atom stereocenters. The normalized spacial score (nSPS) is 10.1. The number of benzene rings is 2. The Bertz CT molecular complexity index is 558. The van der Waals surface area contributed by atoms with Gasteiger partial charge in [0.05, 0.1) is 25.0 Å². The molecule has 106 valence electrons. The van der Waals surface area contributed by atoms with Crippen LogP contribution >= 0.6 is 0 Å².